The van der Waals surface area contributed by atoms with Crippen molar-refractivity contribution in [1.82, 2.24) is 29.0 Å². The lowest BCUT2D eigenvalue weighted by atomic mass is 10.1. The van der Waals surface area contributed by atoms with Gasteiger partial charge in [0.25, 0.3) is 5.56 Å². The molecule has 0 atom stereocenters. The molecule has 1 fully saturated rings. The fourth-order valence-electron chi connectivity index (χ4n) is 3.97. The average molecular weight is 475 g/mol. The summed E-state index contributed by atoms with van der Waals surface area (Å²) in [6.07, 6.45) is 1.59. The fraction of sp³-hybridized carbons (Fsp3) is 0.522. The van der Waals surface area contributed by atoms with Crippen molar-refractivity contribution in [1.29, 1.82) is 0 Å². The number of aromatic nitrogens is 4. The number of piperazine rings is 1. The maximum atomic E-state index is 13.2. The van der Waals surface area contributed by atoms with Crippen LogP contribution in [0.4, 0.5) is 0 Å². The number of rotatable bonds is 5. The summed E-state index contributed by atoms with van der Waals surface area (Å²) in [5.74, 6) is 0.357. The van der Waals surface area contributed by atoms with Crippen LogP contribution in [-0.2, 0) is 23.5 Å². The van der Waals surface area contributed by atoms with Gasteiger partial charge in [0.1, 0.15) is 11.3 Å². The standard InChI is InChI=1S/C21H28N6O3S.C2H6/c1-5-6-17-18-19(26(4)24-17)21(28)23-20(22-18)16-13-15(8-7-14(16)2)31(29,30)27-11-9-25(3)10-12-27;1-2/h7-8,13H,5-6,9-12H2,1-4H3,(H,22,23,28);1-2H3. The lowest BCUT2D eigenvalue weighted by Gasteiger charge is -2.31. The van der Waals surface area contributed by atoms with Crippen LogP contribution in [0.1, 0.15) is 38.4 Å². The van der Waals surface area contributed by atoms with Gasteiger partial charge in [-0.05, 0) is 38.1 Å². The first-order valence-corrected chi connectivity index (χ1v) is 12.9. The molecular weight excluding hydrogens is 440 g/mol. The molecule has 2 aromatic heterocycles. The van der Waals surface area contributed by atoms with E-state index in [1.807, 2.05) is 34.7 Å². The number of sulfonamides is 1. The number of nitrogens with zero attached hydrogens (tertiary/aromatic N) is 5. The molecule has 0 aliphatic carbocycles. The Balaban J connectivity index is 0.00000149. The van der Waals surface area contributed by atoms with E-state index in [0.29, 0.717) is 55.0 Å². The van der Waals surface area contributed by atoms with E-state index in [2.05, 4.69) is 15.0 Å². The molecule has 0 bridgehead atoms. The smallest absolute Gasteiger partial charge is 0.277 e. The van der Waals surface area contributed by atoms with Crippen LogP contribution in [0.15, 0.2) is 27.9 Å². The van der Waals surface area contributed by atoms with Gasteiger partial charge in [0.05, 0.1) is 10.6 Å². The summed E-state index contributed by atoms with van der Waals surface area (Å²) in [5.41, 5.74) is 2.90. The highest BCUT2D eigenvalue weighted by Crippen LogP contribution is 2.27. The van der Waals surface area contributed by atoms with E-state index in [4.69, 9.17) is 4.98 Å². The molecule has 33 heavy (non-hydrogen) atoms. The molecule has 9 nitrogen and oxygen atoms in total. The molecule has 10 heteroatoms. The summed E-state index contributed by atoms with van der Waals surface area (Å²) in [6, 6.07) is 5.00. The second-order valence-corrected chi connectivity index (χ2v) is 10.1. The van der Waals surface area contributed by atoms with Crippen LogP contribution in [0.3, 0.4) is 0 Å². The monoisotopic (exact) mass is 474 g/mol. The van der Waals surface area contributed by atoms with E-state index in [1.165, 1.54) is 4.31 Å². The second kappa shape index (κ2) is 10.1. The molecule has 180 valence electrons. The predicted octanol–water partition coefficient (Wildman–Crippen LogP) is 2.55. The van der Waals surface area contributed by atoms with Crippen LogP contribution in [0.5, 0.6) is 0 Å². The SMILES string of the molecule is CC.CCCc1nn(C)c2c(=O)[nH]c(-c3cc(S(=O)(=O)N4CCN(C)CC4)ccc3C)nc12. The van der Waals surface area contributed by atoms with Crippen molar-refractivity contribution in [3.8, 4) is 11.4 Å². The van der Waals surface area contributed by atoms with Crippen LogP contribution in [0.25, 0.3) is 22.4 Å². The van der Waals surface area contributed by atoms with E-state index < -0.39 is 10.0 Å². The largest absolute Gasteiger partial charge is 0.305 e. The van der Waals surface area contributed by atoms with Gasteiger partial charge in [-0.25, -0.2) is 13.4 Å². The van der Waals surface area contributed by atoms with Crippen molar-refractivity contribution >= 4 is 21.1 Å². The Labute approximate surface area is 195 Å². The first-order valence-electron chi connectivity index (χ1n) is 11.5. The molecule has 1 N–H and O–H groups in total. The molecule has 3 aromatic rings. The van der Waals surface area contributed by atoms with Crippen molar-refractivity contribution in [2.24, 2.45) is 7.05 Å². The third-order valence-electron chi connectivity index (χ3n) is 5.81. The number of H-pyrrole nitrogens is 1. The molecular formula is C23H34N6O3S. The number of hydrogen-bond donors (Lipinski definition) is 1. The van der Waals surface area contributed by atoms with Crippen molar-refractivity contribution in [3.05, 3.63) is 39.8 Å². The normalized spacial score (nSPS) is 15.5. The van der Waals surface area contributed by atoms with Crippen LogP contribution in [0.2, 0.25) is 0 Å². The van der Waals surface area contributed by atoms with Gasteiger partial charge in [0.2, 0.25) is 10.0 Å². The first-order chi connectivity index (χ1) is 15.7. The number of aromatic amines is 1. The lowest BCUT2D eigenvalue weighted by molar-refractivity contribution is 0.222. The van der Waals surface area contributed by atoms with E-state index in [0.717, 1.165) is 17.7 Å². The van der Waals surface area contributed by atoms with Crippen molar-refractivity contribution in [2.45, 2.75) is 45.4 Å². The molecule has 0 unspecified atom stereocenters. The summed E-state index contributed by atoms with van der Waals surface area (Å²) in [7, 11) is 0.0846. The maximum Gasteiger partial charge on any atom is 0.277 e. The molecule has 3 heterocycles. The van der Waals surface area contributed by atoms with E-state index in [1.54, 1.807) is 29.9 Å². The molecule has 0 saturated carbocycles. The lowest BCUT2D eigenvalue weighted by Crippen LogP contribution is -2.47. The number of hydrogen-bond acceptors (Lipinski definition) is 6. The molecule has 4 rings (SSSR count). The zero-order valence-corrected chi connectivity index (χ0v) is 21.2. The molecule has 0 radical (unpaired) electrons. The predicted molar refractivity (Wildman–Crippen MR) is 131 cm³/mol. The Kier molecular flexibility index (Phi) is 7.71. The molecule has 0 spiro atoms. The summed E-state index contributed by atoms with van der Waals surface area (Å²) >= 11 is 0. The van der Waals surface area contributed by atoms with Gasteiger partial charge in [0.15, 0.2) is 5.52 Å². The second-order valence-electron chi connectivity index (χ2n) is 8.12. The van der Waals surface area contributed by atoms with Gasteiger partial charge in [-0.2, -0.15) is 9.40 Å². The minimum Gasteiger partial charge on any atom is -0.305 e. The maximum absolute atomic E-state index is 13.2. The topological polar surface area (TPSA) is 104 Å². The van der Waals surface area contributed by atoms with Gasteiger partial charge in [-0.1, -0.05) is 33.3 Å². The summed E-state index contributed by atoms with van der Waals surface area (Å²) in [5, 5.41) is 4.45. The summed E-state index contributed by atoms with van der Waals surface area (Å²) in [4.78, 5) is 22.6. The molecule has 1 aromatic carbocycles. The van der Waals surface area contributed by atoms with Crippen molar-refractivity contribution in [3.63, 3.8) is 0 Å². The fourth-order valence-corrected chi connectivity index (χ4v) is 5.42. The average Bonchev–Trinajstić information content (AvgIpc) is 3.11. The van der Waals surface area contributed by atoms with Crippen LogP contribution in [-0.4, -0.2) is 70.6 Å². The minimum atomic E-state index is -3.63. The summed E-state index contributed by atoms with van der Waals surface area (Å²) < 4.78 is 29.5. The van der Waals surface area contributed by atoms with E-state index in [9.17, 15) is 13.2 Å². The van der Waals surface area contributed by atoms with Crippen molar-refractivity contribution < 1.29 is 8.42 Å². The number of likely N-dealkylation sites (N-methyl/N-ethyl adjacent to an activating group) is 1. The minimum absolute atomic E-state index is 0.209. The highest BCUT2D eigenvalue weighted by molar-refractivity contribution is 7.89. The quantitative estimate of drug-likeness (QED) is 0.609. The van der Waals surface area contributed by atoms with Crippen LogP contribution < -0.4 is 5.56 Å². The molecule has 1 saturated heterocycles. The highest BCUT2D eigenvalue weighted by atomic mass is 32.2. The van der Waals surface area contributed by atoms with Gasteiger partial charge in [-0.15, -0.1) is 0 Å². The van der Waals surface area contributed by atoms with Crippen molar-refractivity contribution in [2.75, 3.05) is 33.2 Å². The first kappa shape index (κ1) is 25.1. The van der Waals surface area contributed by atoms with Gasteiger partial charge >= 0.3 is 0 Å². The van der Waals surface area contributed by atoms with Gasteiger partial charge in [0, 0.05) is 38.8 Å². The molecule has 1 aliphatic heterocycles. The third kappa shape index (κ3) is 4.87. The zero-order valence-electron chi connectivity index (χ0n) is 20.3. The Bertz CT molecular complexity index is 1290. The van der Waals surface area contributed by atoms with E-state index in [-0.39, 0.29) is 10.5 Å². The molecule has 1 aliphatic rings. The zero-order chi connectivity index (χ0) is 24.3. The van der Waals surface area contributed by atoms with Gasteiger partial charge in [-0.3, -0.25) is 9.48 Å². The van der Waals surface area contributed by atoms with Crippen LogP contribution >= 0.6 is 0 Å². The Morgan fingerprint density at radius 2 is 1.76 bits per heavy atom. The molecule has 0 amide bonds. The van der Waals surface area contributed by atoms with E-state index >= 15 is 0 Å². The Morgan fingerprint density at radius 3 is 2.39 bits per heavy atom. The number of nitrogens with one attached hydrogen (secondary N) is 1. The number of aryl methyl sites for hydroxylation is 3. The van der Waals surface area contributed by atoms with Gasteiger partial charge < -0.3 is 9.88 Å². The Hall–Kier alpha value is -2.56. The Morgan fingerprint density at radius 1 is 1.09 bits per heavy atom. The number of benzene rings is 1. The number of fused-ring (bicyclic) bond motifs is 1. The van der Waals surface area contributed by atoms with Crippen LogP contribution in [0, 0.1) is 6.92 Å². The highest BCUT2D eigenvalue weighted by Gasteiger charge is 2.28. The summed E-state index contributed by atoms with van der Waals surface area (Å²) in [6.45, 7) is 10.2. The third-order valence-corrected chi connectivity index (χ3v) is 7.71.